The summed E-state index contributed by atoms with van der Waals surface area (Å²) in [4.78, 5) is 50.1. The van der Waals surface area contributed by atoms with Crippen molar-refractivity contribution in [1.29, 1.82) is 0 Å². The Kier molecular flexibility index (Phi) is 5.62. The second-order valence-corrected chi connectivity index (χ2v) is 7.09. The second kappa shape index (κ2) is 7.95. The standard InChI is InChI=1S/C19H23FN4O4/c1-2-19(12-7-9-13(20)10-8-12)16(26)24(18(28)23-19)11-15(25)22-17(27)21-14-5-3-4-6-14/h7-10,14H,2-6,11H2,1H3,(H,23,28)(H2,21,22,25,27). The first-order valence-electron chi connectivity index (χ1n) is 9.36. The highest BCUT2D eigenvalue weighted by Crippen LogP contribution is 2.32. The topological polar surface area (TPSA) is 108 Å². The fraction of sp³-hybridized carbons (Fsp3) is 0.474. The van der Waals surface area contributed by atoms with E-state index in [-0.39, 0.29) is 12.5 Å². The molecule has 1 aliphatic heterocycles. The molecule has 2 aliphatic rings. The maximum atomic E-state index is 13.2. The SMILES string of the molecule is CCC1(c2ccc(F)cc2)NC(=O)N(CC(=O)NC(=O)NC2CCCC2)C1=O. The number of benzene rings is 1. The van der Waals surface area contributed by atoms with Gasteiger partial charge >= 0.3 is 12.1 Å². The number of nitrogens with zero attached hydrogens (tertiary/aromatic N) is 1. The lowest BCUT2D eigenvalue weighted by molar-refractivity contribution is -0.135. The van der Waals surface area contributed by atoms with Crippen LogP contribution in [0.5, 0.6) is 0 Å². The largest absolute Gasteiger partial charge is 0.335 e. The molecule has 0 spiro atoms. The number of nitrogens with one attached hydrogen (secondary N) is 3. The molecule has 1 aliphatic carbocycles. The van der Waals surface area contributed by atoms with Gasteiger partial charge in [0.2, 0.25) is 5.91 Å². The van der Waals surface area contributed by atoms with Gasteiger partial charge in [-0.25, -0.2) is 14.0 Å². The lowest BCUT2D eigenvalue weighted by Crippen LogP contribution is -2.48. The van der Waals surface area contributed by atoms with Crippen molar-refractivity contribution in [2.75, 3.05) is 6.54 Å². The minimum absolute atomic E-state index is 0.0377. The van der Waals surface area contributed by atoms with E-state index in [2.05, 4.69) is 16.0 Å². The molecule has 1 saturated heterocycles. The fourth-order valence-corrected chi connectivity index (χ4v) is 3.74. The van der Waals surface area contributed by atoms with Crippen LogP contribution in [0.3, 0.4) is 0 Å². The number of carbonyl (C=O) groups excluding carboxylic acids is 4. The molecule has 1 saturated carbocycles. The molecule has 28 heavy (non-hydrogen) atoms. The van der Waals surface area contributed by atoms with E-state index in [0.29, 0.717) is 5.56 Å². The van der Waals surface area contributed by atoms with Crippen LogP contribution in [0, 0.1) is 5.82 Å². The summed E-state index contributed by atoms with van der Waals surface area (Å²) in [6.45, 7) is 1.13. The minimum Gasteiger partial charge on any atom is -0.335 e. The predicted molar refractivity (Wildman–Crippen MR) is 97.5 cm³/mol. The normalized spacial score (nSPS) is 22.3. The molecule has 150 valence electrons. The fourth-order valence-electron chi connectivity index (χ4n) is 3.74. The zero-order valence-corrected chi connectivity index (χ0v) is 15.6. The molecular formula is C19H23FN4O4. The zero-order chi connectivity index (χ0) is 20.3. The molecule has 0 radical (unpaired) electrons. The van der Waals surface area contributed by atoms with E-state index < -0.39 is 41.8 Å². The smallest absolute Gasteiger partial charge is 0.325 e. The van der Waals surface area contributed by atoms with E-state index in [1.54, 1.807) is 6.92 Å². The molecule has 1 heterocycles. The Labute approximate surface area is 161 Å². The van der Waals surface area contributed by atoms with Crippen LogP contribution >= 0.6 is 0 Å². The van der Waals surface area contributed by atoms with Gasteiger partial charge in [-0.1, -0.05) is 31.9 Å². The summed E-state index contributed by atoms with van der Waals surface area (Å²) in [6, 6.07) is 3.93. The van der Waals surface area contributed by atoms with Gasteiger partial charge in [0.15, 0.2) is 0 Å². The van der Waals surface area contributed by atoms with Crippen molar-refractivity contribution < 1.29 is 23.6 Å². The minimum atomic E-state index is -1.36. The molecule has 1 aromatic carbocycles. The van der Waals surface area contributed by atoms with Gasteiger partial charge in [0.1, 0.15) is 17.9 Å². The van der Waals surface area contributed by atoms with E-state index in [1.807, 2.05) is 0 Å². The van der Waals surface area contributed by atoms with Crippen LogP contribution in [0.25, 0.3) is 0 Å². The van der Waals surface area contributed by atoms with Crippen LogP contribution in [-0.2, 0) is 15.1 Å². The van der Waals surface area contributed by atoms with Crippen molar-refractivity contribution in [1.82, 2.24) is 20.9 Å². The van der Waals surface area contributed by atoms with Gasteiger partial charge in [0.25, 0.3) is 5.91 Å². The molecule has 1 aromatic rings. The Hall–Kier alpha value is -2.97. The quantitative estimate of drug-likeness (QED) is 0.666. The van der Waals surface area contributed by atoms with Gasteiger partial charge in [0.05, 0.1) is 0 Å². The lowest BCUT2D eigenvalue weighted by Gasteiger charge is -2.25. The van der Waals surface area contributed by atoms with Crippen molar-refractivity contribution in [3.8, 4) is 0 Å². The van der Waals surface area contributed by atoms with E-state index in [0.717, 1.165) is 30.6 Å². The van der Waals surface area contributed by atoms with Crippen molar-refractivity contribution in [3.05, 3.63) is 35.6 Å². The highest BCUT2D eigenvalue weighted by Gasteiger charge is 2.51. The molecule has 6 amide bonds. The lowest BCUT2D eigenvalue weighted by atomic mass is 9.87. The first kappa shape index (κ1) is 19.8. The van der Waals surface area contributed by atoms with Crippen molar-refractivity contribution in [3.63, 3.8) is 0 Å². The van der Waals surface area contributed by atoms with Crippen LogP contribution in [0.2, 0.25) is 0 Å². The number of halogens is 1. The predicted octanol–water partition coefficient (Wildman–Crippen LogP) is 1.75. The highest BCUT2D eigenvalue weighted by molar-refractivity contribution is 6.10. The molecule has 0 bridgehead atoms. The molecule has 2 fully saturated rings. The van der Waals surface area contributed by atoms with E-state index >= 15 is 0 Å². The maximum Gasteiger partial charge on any atom is 0.325 e. The number of hydrogen-bond acceptors (Lipinski definition) is 4. The number of amides is 6. The molecule has 1 unspecified atom stereocenters. The zero-order valence-electron chi connectivity index (χ0n) is 15.6. The summed E-state index contributed by atoms with van der Waals surface area (Å²) >= 11 is 0. The Morgan fingerprint density at radius 3 is 2.46 bits per heavy atom. The number of urea groups is 2. The van der Waals surface area contributed by atoms with Gasteiger partial charge in [-0.3, -0.25) is 19.8 Å². The molecular weight excluding hydrogens is 367 g/mol. The summed E-state index contributed by atoms with van der Waals surface area (Å²) in [5, 5.41) is 7.46. The number of hydrogen-bond donors (Lipinski definition) is 3. The van der Waals surface area contributed by atoms with Crippen molar-refractivity contribution in [2.45, 2.75) is 50.6 Å². The van der Waals surface area contributed by atoms with Crippen LogP contribution in [-0.4, -0.2) is 41.4 Å². The Balaban J connectivity index is 1.66. The summed E-state index contributed by atoms with van der Waals surface area (Å²) in [5.74, 6) is -1.83. The molecule has 9 heteroatoms. The average Bonchev–Trinajstić information content (AvgIpc) is 3.24. The Morgan fingerprint density at radius 2 is 1.86 bits per heavy atom. The van der Waals surface area contributed by atoms with E-state index in [1.165, 1.54) is 24.3 Å². The van der Waals surface area contributed by atoms with Crippen molar-refractivity contribution >= 4 is 23.9 Å². The summed E-state index contributed by atoms with van der Waals surface area (Å²) in [7, 11) is 0. The van der Waals surface area contributed by atoms with Crippen LogP contribution < -0.4 is 16.0 Å². The van der Waals surface area contributed by atoms with Crippen LogP contribution in [0.15, 0.2) is 24.3 Å². The van der Waals surface area contributed by atoms with E-state index in [4.69, 9.17) is 0 Å². The van der Waals surface area contributed by atoms with Gasteiger partial charge < -0.3 is 10.6 Å². The third-order valence-corrected chi connectivity index (χ3v) is 5.29. The molecule has 3 rings (SSSR count). The highest BCUT2D eigenvalue weighted by atomic mass is 19.1. The Bertz CT molecular complexity index is 792. The summed E-state index contributed by atoms with van der Waals surface area (Å²) in [5.41, 5.74) is -0.936. The maximum absolute atomic E-state index is 13.2. The second-order valence-electron chi connectivity index (χ2n) is 7.09. The number of rotatable bonds is 5. The van der Waals surface area contributed by atoms with Crippen LogP contribution in [0.4, 0.5) is 14.0 Å². The van der Waals surface area contributed by atoms with E-state index in [9.17, 15) is 23.6 Å². The third kappa shape index (κ3) is 3.83. The van der Waals surface area contributed by atoms with Gasteiger partial charge in [-0.05, 0) is 37.0 Å². The van der Waals surface area contributed by atoms with Gasteiger partial charge in [-0.2, -0.15) is 0 Å². The third-order valence-electron chi connectivity index (χ3n) is 5.29. The number of carbonyl (C=O) groups is 4. The van der Waals surface area contributed by atoms with Gasteiger partial charge in [0, 0.05) is 6.04 Å². The number of imide groups is 2. The monoisotopic (exact) mass is 390 g/mol. The summed E-state index contributed by atoms with van der Waals surface area (Å²) in [6.07, 6.45) is 4.02. The van der Waals surface area contributed by atoms with Crippen LogP contribution in [0.1, 0.15) is 44.6 Å². The molecule has 3 N–H and O–H groups in total. The van der Waals surface area contributed by atoms with Gasteiger partial charge in [-0.15, -0.1) is 0 Å². The summed E-state index contributed by atoms with van der Waals surface area (Å²) < 4.78 is 13.2. The first-order chi connectivity index (χ1) is 13.4. The average molecular weight is 390 g/mol. The first-order valence-corrected chi connectivity index (χ1v) is 9.36. The molecule has 1 atom stereocenters. The molecule has 0 aromatic heterocycles. The van der Waals surface area contributed by atoms with Crippen molar-refractivity contribution in [2.24, 2.45) is 0 Å². The molecule has 8 nitrogen and oxygen atoms in total. The Morgan fingerprint density at radius 1 is 1.21 bits per heavy atom.